The molecule has 1 atom stereocenters. The first-order chi connectivity index (χ1) is 11.2. The lowest BCUT2D eigenvalue weighted by Gasteiger charge is -2.30. The fraction of sp³-hybridized carbons (Fsp3) is 0.286. The number of rotatable bonds is 2. The summed E-state index contributed by atoms with van der Waals surface area (Å²) >= 11 is 0. The average Bonchev–Trinajstić information content (AvgIpc) is 2.60. The van der Waals surface area contributed by atoms with Gasteiger partial charge in [0.15, 0.2) is 0 Å². The second-order valence-corrected chi connectivity index (χ2v) is 4.83. The van der Waals surface area contributed by atoms with Crippen LogP contribution in [-0.4, -0.2) is 46.5 Å². The molecule has 0 saturated carbocycles. The zero-order valence-electron chi connectivity index (χ0n) is 12.2. The molecule has 0 aromatic carbocycles. The quantitative estimate of drug-likeness (QED) is 0.383. The van der Waals surface area contributed by atoms with Gasteiger partial charge in [-0.15, -0.1) is 0 Å². The Balaban J connectivity index is 2.55. The summed E-state index contributed by atoms with van der Waals surface area (Å²) in [7, 11) is 0. The second-order valence-electron chi connectivity index (χ2n) is 4.83. The summed E-state index contributed by atoms with van der Waals surface area (Å²) in [6.45, 7) is 5.33. The molecule has 10 nitrogen and oxygen atoms in total. The lowest BCUT2D eigenvalue weighted by atomic mass is 10.2. The van der Waals surface area contributed by atoms with Gasteiger partial charge in [0.05, 0.1) is 12.8 Å². The molecule has 1 fully saturated rings. The molecule has 0 radical (unpaired) electrons. The predicted octanol–water partition coefficient (Wildman–Crippen LogP) is -0.505. The normalized spacial score (nSPS) is 28.9. The Morgan fingerprint density at radius 1 is 0.917 bits per heavy atom. The number of aliphatic hydroxyl groups is 2. The van der Waals surface area contributed by atoms with Gasteiger partial charge in [0.2, 0.25) is 0 Å². The Labute approximate surface area is 134 Å². The molecule has 128 valence electrons. The van der Waals surface area contributed by atoms with Gasteiger partial charge < -0.3 is 29.2 Å². The number of ether oxygens (including phenoxy) is 4. The predicted molar refractivity (Wildman–Crippen MR) is 71.4 cm³/mol. The van der Waals surface area contributed by atoms with Gasteiger partial charge in [0.25, 0.3) is 5.76 Å². The Morgan fingerprint density at radius 3 is 2.12 bits per heavy atom. The molecule has 24 heavy (non-hydrogen) atoms. The zero-order chi connectivity index (χ0) is 18.1. The fourth-order valence-electron chi connectivity index (χ4n) is 1.83. The first kappa shape index (κ1) is 17.2. The molecule has 0 aliphatic carbocycles. The lowest BCUT2D eigenvalue weighted by molar-refractivity contribution is -0.233. The van der Waals surface area contributed by atoms with Gasteiger partial charge in [0.1, 0.15) is 6.61 Å². The number of esters is 4. The Kier molecular flexibility index (Phi) is 4.42. The van der Waals surface area contributed by atoms with Gasteiger partial charge in [-0.3, -0.25) is 9.59 Å². The van der Waals surface area contributed by atoms with E-state index in [1.165, 1.54) is 0 Å². The van der Waals surface area contributed by atoms with Crippen molar-refractivity contribution in [2.75, 3.05) is 6.61 Å². The van der Waals surface area contributed by atoms with E-state index in [0.717, 1.165) is 0 Å². The van der Waals surface area contributed by atoms with Crippen LogP contribution in [0, 0.1) is 0 Å². The molecule has 10 heteroatoms. The highest BCUT2D eigenvalue weighted by Gasteiger charge is 2.51. The smallest absolute Gasteiger partial charge is 0.346 e. The molecule has 2 N–H and O–H groups in total. The van der Waals surface area contributed by atoms with Crippen molar-refractivity contribution >= 4 is 23.9 Å². The molecule has 2 aliphatic heterocycles. The van der Waals surface area contributed by atoms with E-state index in [1.54, 1.807) is 0 Å². The lowest BCUT2D eigenvalue weighted by Crippen LogP contribution is -2.46. The second kappa shape index (κ2) is 6.16. The molecule has 0 aromatic rings. The van der Waals surface area contributed by atoms with Gasteiger partial charge in [-0.25, -0.2) is 9.59 Å². The van der Waals surface area contributed by atoms with Gasteiger partial charge in [-0.1, -0.05) is 13.2 Å². The van der Waals surface area contributed by atoms with Crippen LogP contribution in [0.5, 0.6) is 0 Å². The maximum atomic E-state index is 11.8. The third-order valence-corrected chi connectivity index (χ3v) is 2.98. The van der Waals surface area contributed by atoms with Crippen LogP contribution in [0.2, 0.25) is 0 Å². The van der Waals surface area contributed by atoms with E-state index in [1.807, 2.05) is 0 Å². The van der Waals surface area contributed by atoms with E-state index in [-0.39, 0.29) is 11.1 Å². The zero-order valence-corrected chi connectivity index (χ0v) is 12.2. The van der Waals surface area contributed by atoms with Crippen molar-refractivity contribution in [3.8, 4) is 0 Å². The van der Waals surface area contributed by atoms with E-state index in [0.29, 0.717) is 0 Å². The number of hydrogen-bond acceptors (Lipinski definition) is 10. The third-order valence-electron chi connectivity index (χ3n) is 2.98. The van der Waals surface area contributed by atoms with Crippen molar-refractivity contribution in [2.45, 2.75) is 18.6 Å². The fourth-order valence-corrected chi connectivity index (χ4v) is 1.83. The van der Waals surface area contributed by atoms with E-state index < -0.39 is 60.8 Å². The summed E-state index contributed by atoms with van der Waals surface area (Å²) in [6.07, 6.45) is -1.16. The van der Waals surface area contributed by atoms with Crippen LogP contribution in [0.3, 0.4) is 0 Å². The van der Waals surface area contributed by atoms with Crippen LogP contribution < -0.4 is 0 Å². The van der Waals surface area contributed by atoms with Crippen molar-refractivity contribution in [1.82, 2.24) is 0 Å². The largest absolute Gasteiger partial charge is 0.478 e. The number of carbonyl (C=O) groups is 4. The maximum absolute atomic E-state index is 11.8. The van der Waals surface area contributed by atoms with Crippen LogP contribution in [0.1, 0.15) is 12.8 Å². The summed E-state index contributed by atoms with van der Waals surface area (Å²) < 4.78 is 18.8. The Hall–Kier alpha value is -3.14. The summed E-state index contributed by atoms with van der Waals surface area (Å²) in [5.41, 5.74) is -0.607. The highest BCUT2D eigenvalue weighted by Crippen LogP contribution is 2.33. The minimum Gasteiger partial charge on any atom is -0.478 e. The van der Waals surface area contributed by atoms with Crippen LogP contribution in [-0.2, 0) is 38.1 Å². The van der Waals surface area contributed by atoms with Gasteiger partial charge in [-0.05, 0) is 0 Å². The molecule has 2 rings (SSSR count). The van der Waals surface area contributed by atoms with E-state index >= 15 is 0 Å². The van der Waals surface area contributed by atoms with Crippen molar-refractivity contribution in [1.29, 1.82) is 0 Å². The van der Waals surface area contributed by atoms with Crippen molar-refractivity contribution in [3.05, 3.63) is 36.0 Å². The summed E-state index contributed by atoms with van der Waals surface area (Å²) in [6, 6.07) is 0. The summed E-state index contributed by atoms with van der Waals surface area (Å²) in [5, 5.41) is 19.4. The van der Waals surface area contributed by atoms with Crippen molar-refractivity contribution in [3.63, 3.8) is 0 Å². The minimum absolute atomic E-state index is 0.294. The van der Waals surface area contributed by atoms with Gasteiger partial charge in [0, 0.05) is 11.1 Å². The molecule has 0 aromatic heterocycles. The SMILES string of the molecule is C=C1CC(=O)O/C(C2(CO)OC(=O)CC(=C)C(=O)O2)=C(/O)OC1=O. The van der Waals surface area contributed by atoms with E-state index in [9.17, 15) is 29.4 Å². The number of aliphatic hydroxyl groups excluding tert-OH is 2. The number of hydrogen-bond donors (Lipinski definition) is 2. The third kappa shape index (κ3) is 3.13. The average molecular weight is 340 g/mol. The Bertz CT molecular complexity index is 700. The van der Waals surface area contributed by atoms with Crippen LogP contribution in [0.4, 0.5) is 0 Å². The molecular formula is C14H12O10. The Morgan fingerprint density at radius 2 is 1.50 bits per heavy atom. The molecule has 2 aliphatic rings. The van der Waals surface area contributed by atoms with Crippen molar-refractivity contribution < 1.29 is 48.3 Å². The molecule has 0 spiro atoms. The number of carbonyl (C=O) groups excluding carboxylic acids is 4. The maximum Gasteiger partial charge on any atom is 0.346 e. The van der Waals surface area contributed by atoms with E-state index in [4.69, 9.17) is 14.2 Å². The molecule has 0 amide bonds. The summed E-state index contributed by atoms with van der Waals surface area (Å²) in [5.74, 6) is -9.58. The van der Waals surface area contributed by atoms with Crippen molar-refractivity contribution in [2.24, 2.45) is 0 Å². The first-order valence-electron chi connectivity index (χ1n) is 6.46. The first-order valence-corrected chi connectivity index (χ1v) is 6.46. The standard InChI is InChI=1S/C14H12O10/c1-6-3-8(16)21-10(13(20)22-11(6)18)14(5-15)23-9(17)4-7(2)12(19)24-14/h15,20H,1-5H2/b13-10-. The van der Waals surface area contributed by atoms with E-state index in [2.05, 4.69) is 17.9 Å². The van der Waals surface area contributed by atoms with Gasteiger partial charge >= 0.3 is 35.6 Å². The monoisotopic (exact) mass is 340 g/mol. The number of cyclic esters (lactones) is 4. The van der Waals surface area contributed by atoms with Crippen LogP contribution in [0.15, 0.2) is 36.0 Å². The molecule has 1 unspecified atom stereocenters. The molecule has 0 bridgehead atoms. The molecule has 2 heterocycles. The highest BCUT2D eigenvalue weighted by atomic mass is 16.8. The topological polar surface area (TPSA) is 146 Å². The summed E-state index contributed by atoms with van der Waals surface area (Å²) in [4.78, 5) is 46.8. The van der Waals surface area contributed by atoms with Crippen LogP contribution in [0.25, 0.3) is 0 Å². The molecule has 1 saturated heterocycles. The van der Waals surface area contributed by atoms with Gasteiger partial charge in [-0.2, -0.15) is 0 Å². The molecular weight excluding hydrogens is 328 g/mol. The minimum atomic E-state index is -2.72. The highest BCUT2D eigenvalue weighted by molar-refractivity contribution is 5.96. The van der Waals surface area contributed by atoms with Crippen LogP contribution >= 0.6 is 0 Å².